The van der Waals surface area contributed by atoms with E-state index in [1.807, 2.05) is 6.07 Å². The fourth-order valence-corrected chi connectivity index (χ4v) is 3.62. The maximum atomic E-state index is 14.1. The van der Waals surface area contributed by atoms with Crippen molar-refractivity contribution in [3.63, 3.8) is 0 Å². The van der Waals surface area contributed by atoms with Crippen LogP contribution in [0.3, 0.4) is 0 Å². The van der Waals surface area contributed by atoms with Crippen LogP contribution < -0.4 is 5.56 Å². The van der Waals surface area contributed by atoms with Crippen molar-refractivity contribution in [2.24, 2.45) is 7.05 Å². The van der Waals surface area contributed by atoms with Gasteiger partial charge in [0.2, 0.25) is 0 Å². The molecule has 0 spiro atoms. The quantitative estimate of drug-likeness (QED) is 0.511. The van der Waals surface area contributed by atoms with E-state index in [0.29, 0.717) is 28.7 Å². The molecule has 8 heteroatoms. The van der Waals surface area contributed by atoms with Crippen molar-refractivity contribution in [3.05, 3.63) is 82.4 Å². The van der Waals surface area contributed by atoms with Crippen LogP contribution in [0.5, 0.6) is 0 Å². The molecule has 4 aromatic rings. The van der Waals surface area contributed by atoms with Gasteiger partial charge in [-0.05, 0) is 54.3 Å². The summed E-state index contributed by atoms with van der Waals surface area (Å²) in [6.07, 6.45) is 5.11. The van der Waals surface area contributed by atoms with Gasteiger partial charge in [0.1, 0.15) is 24.0 Å². The molecule has 1 aromatic carbocycles. The lowest BCUT2D eigenvalue weighted by Gasteiger charge is -2.14. The van der Waals surface area contributed by atoms with Crippen LogP contribution >= 0.6 is 0 Å². The molecule has 152 valence electrons. The first-order valence-electron chi connectivity index (χ1n) is 9.83. The van der Waals surface area contributed by atoms with E-state index in [0.717, 1.165) is 29.7 Å². The average molecular weight is 412 g/mol. The van der Waals surface area contributed by atoms with E-state index in [-0.39, 0.29) is 11.4 Å². The van der Waals surface area contributed by atoms with Crippen LogP contribution in [0.25, 0.3) is 28.3 Å². The van der Waals surface area contributed by atoms with Gasteiger partial charge in [0, 0.05) is 36.5 Å². The summed E-state index contributed by atoms with van der Waals surface area (Å²) in [6.45, 7) is 0. The summed E-state index contributed by atoms with van der Waals surface area (Å²) < 4.78 is 17.2. The highest BCUT2D eigenvalue weighted by atomic mass is 19.1. The van der Waals surface area contributed by atoms with Gasteiger partial charge in [-0.3, -0.25) is 9.36 Å². The Morgan fingerprint density at radius 2 is 1.97 bits per heavy atom. The zero-order chi connectivity index (χ0) is 21.5. The second-order valence-electron chi connectivity index (χ2n) is 7.61. The smallest absolute Gasteiger partial charge is 0.256 e. The van der Waals surface area contributed by atoms with Gasteiger partial charge >= 0.3 is 0 Å². The zero-order valence-electron chi connectivity index (χ0n) is 16.7. The van der Waals surface area contributed by atoms with Crippen molar-refractivity contribution in [3.8, 4) is 34.4 Å². The summed E-state index contributed by atoms with van der Waals surface area (Å²) >= 11 is 0. The Balaban J connectivity index is 1.75. The van der Waals surface area contributed by atoms with E-state index in [1.54, 1.807) is 30.1 Å². The SMILES string of the molecule is Cn1cnnc1-c1cc(F)ccc1-c1cc(C2CC2)nc(-n2cc(C#N)ccc2=O)c1. The Morgan fingerprint density at radius 1 is 1.13 bits per heavy atom. The average Bonchev–Trinajstić information content (AvgIpc) is 3.54. The largest absolute Gasteiger partial charge is 0.317 e. The summed E-state index contributed by atoms with van der Waals surface area (Å²) in [4.78, 5) is 17.2. The molecule has 1 aliphatic rings. The lowest BCUT2D eigenvalue weighted by molar-refractivity contribution is 0.628. The Morgan fingerprint density at radius 3 is 2.68 bits per heavy atom. The second-order valence-corrected chi connectivity index (χ2v) is 7.61. The van der Waals surface area contributed by atoms with Gasteiger partial charge in [-0.15, -0.1) is 10.2 Å². The van der Waals surface area contributed by atoms with Crippen molar-refractivity contribution >= 4 is 0 Å². The van der Waals surface area contributed by atoms with Crippen molar-refractivity contribution in [1.29, 1.82) is 5.26 Å². The number of hydrogen-bond donors (Lipinski definition) is 0. The van der Waals surface area contributed by atoms with Crippen LogP contribution in [0, 0.1) is 17.1 Å². The van der Waals surface area contributed by atoms with E-state index in [1.165, 1.54) is 35.0 Å². The molecule has 0 bridgehead atoms. The third kappa shape index (κ3) is 3.51. The van der Waals surface area contributed by atoms with Crippen molar-refractivity contribution in [2.45, 2.75) is 18.8 Å². The molecule has 1 fully saturated rings. The van der Waals surface area contributed by atoms with Crippen molar-refractivity contribution in [1.82, 2.24) is 24.3 Å². The highest BCUT2D eigenvalue weighted by Crippen LogP contribution is 2.41. The lowest BCUT2D eigenvalue weighted by Crippen LogP contribution is -2.18. The maximum Gasteiger partial charge on any atom is 0.256 e. The van der Waals surface area contributed by atoms with Crippen LogP contribution in [0.1, 0.15) is 30.0 Å². The molecule has 3 heterocycles. The molecule has 0 atom stereocenters. The molecular formula is C23H17FN6O. The van der Waals surface area contributed by atoms with E-state index >= 15 is 0 Å². The van der Waals surface area contributed by atoms with Crippen molar-refractivity contribution < 1.29 is 4.39 Å². The number of benzene rings is 1. The summed E-state index contributed by atoms with van der Waals surface area (Å²) in [7, 11) is 1.80. The molecule has 0 saturated heterocycles. The Hall–Kier alpha value is -4.12. The van der Waals surface area contributed by atoms with E-state index in [2.05, 4.69) is 16.3 Å². The van der Waals surface area contributed by atoms with E-state index in [4.69, 9.17) is 4.98 Å². The Labute approximate surface area is 177 Å². The molecule has 5 rings (SSSR count). The summed E-state index contributed by atoms with van der Waals surface area (Å²) in [6, 6.07) is 13.2. The first-order valence-corrected chi connectivity index (χ1v) is 9.83. The molecular weight excluding hydrogens is 395 g/mol. The van der Waals surface area contributed by atoms with Gasteiger partial charge in [0.05, 0.1) is 5.56 Å². The number of nitrogens with zero attached hydrogens (tertiary/aromatic N) is 6. The van der Waals surface area contributed by atoms with Crippen LogP contribution in [-0.2, 0) is 7.05 Å². The first kappa shape index (κ1) is 18.9. The van der Waals surface area contributed by atoms with Gasteiger partial charge in [-0.25, -0.2) is 9.37 Å². The van der Waals surface area contributed by atoms with Crippen LogP contribution in [0.15, 0.2) is 59.8 Å². The van der Waals surface area contributed by atoms with Gasteiger partial charge < -0.3 is 4.57 Å². The van der Waals surface area contributed by atoms with Gasteiger partial charge in [-0.2, -0.15) is 5.26 Å². The first-order chi connectivity index (χ1) is 15.0. The maximum absolute atomic E-state index is 14.1. The number of halogens is 1. The minimum atomic E-state index is -0.378. The van der Waals surface area contributed by atoms with Crippen LogP contribution in [0.4, 0.5) is 4.39 Å². The molecule has 31 heavy (non-hydrogen) atoms. The van der Waals surface area contributed by atoms with Gasteiger partial charge in [-0.1, -0.05) is 6.07 Å². The second kappa shape index (κ2) is 7.29. The highest BCUT2D eigenvalue weighted by Gasteiger charge is 2.27. The molecule has 7 nitrogen and oxygen atoms in total. The molecule has 0 N–H and O–H groups in total. The van der Waals surface area contributed by atoms with Gasteiger partial charge in [0.15, 0.2) is 5.82 Å². The fourth-order valence-electron chi connectivity index (χ4n) is 3.62. The predicted molar refractivity (Wildman–Crippen MR) is 112 cm³/mol. The third-order valence-corrected chi connectivity index (χ3v) is 5.36. The van der Waals surface area contributed by atoms with Gasteiger partial charge in [0.25, 0.3) is 5.56 Å². The Bertz CT molecular complexity index is 1410. The normalized spacial score (nSPS) is 13.2. The number of hydrogen-bond acceptors (Lipinski definition) is 5. The standard InChI is InChI=1S/C23H17FN6O/c1-29-13-26-28-23(29)19-10-17(24)5-6-18(19)16-8-20(15-3-4-15)27-21(9-16)30-12-14(11-25)2-7-22(30)31/h2,5-10,12-13,15H,3-4H2,1H3. The summed E-state index contributed by atoms with van der Waals surface area (Å²) in [5, 5.41) is 17.3. The van der Waals surface area contributed by atoms with Crippen LogP contribution in [-0.4, -0.2) is 24.3 Å². The topological polar surface area (TPSA) is 89.4 Å². The molecule has 0 amide bonds. The predicted octanol–water partition coefficient (Wildman–Crippen LogP) is 3.58. The molecule has 0 aliphatic heterocycles. The molecule has 3 aromatic heterocycles. The number of nitriles is 1. The lowest BCUT2D eigenvalue weighted by atomic mass is 9.98. The molecule has 0 unspecified atom stereocenters. The molecule has 1 aliphatic carbocycles. The van der Waals surface area contributed by atoms with Crippen molar-refractivity contribution in [2.75, 3.05) is 0 Å². The number of rotatable bonds is 4. The summed E-state index contributed by atoms with van der Waals surface area (Å²) in [5.41, 5.74) is 3.10. The minimum absolute atomic E-state index is 0.280. The monoisotopic (exact) mass is 412 g/mol. The third-order valence-electron chi connectivity index (χ3n) is 5.36. The zero-order valence-corrected chi connectivity index (χ0v) is 16.7. The van der Waals surface area contributed by atoms with Crippen LogP contribution in [0.2, 0.25) is 0 Å². The van der Waals surface area contributed by atoms with E-state index < -0.39 is 0 Å². The number of aryl methyl sites for hydroxylation is 1. The summed E-state index contributed by atoms with van der Waals surface area (Å²) in [5.74, 6) is 0.905. The number of aromatic nitrogens is 5. The molecule has 0 radical (unpaired) electrons. The van der Waals surface area contributed by atoms with E-state index in [9.17, 15) is 14.4 Å². The number of pyridine rings is 2. The Kier molecular flexibility index (Phi) is 4.44. The highest BCUT2D eigenvalue weighted by molar-refractivity contribution is 5.81. The fraction of sp³-hybridized carbons (Fsp3) is 0.174. The minimum Gasteiger partial charge on any atom is -0.317 e. The molecule has 1 saturated carbocycles.